The molecule has 1 heterocycles. The SMILES string of the molecule is CC(C)N1CCC(NS(=O)(=O)Nc2ccc(F)c(F)c2Nc2ccc(I)cc2F)CC1. The van der Waals surface area contributed by atoms with Crippen LogP contribution >= 0.6 is 22.6 Å². The zero-order valence-electron chi connectivity index (χ0n) is 17.1. The summed E-state index contributed by atoms with van der Waals surface area (Å²) in [5.74, 6) is -3.19. The number of halogens is 4. The highest BCUT2D eigenvalue weighted by molar-refractivity contribution is 14.1. The Balaban J connectivity index is 1.78. The Labute approximate surface area is 193 Å². The van der Waals surface area contributed by atoms with Gasteiger partial charge in [-0.25, -0.2) is 13.2 Å². The molecule has 0 aliphatic carbocycles. The predicted octanol–water partition coefficient (Wildman–Crippen LogP) is 4.57. The Bertz CT molecular complexity index is 1040. The molecule has 0 atom stereocenters. The van der Waals surface area contributed by atoms with E-state index in [0.29, 0.717) is 22.5 Å². The van der Waals surface area contributed by atoms with Crippen LogP contribution in [0.2, 0.25) is 0 Å². The minimum absolute atomic E-state index is 0.112. The maximum Gasteiger partial charge on any atom is 0.299 e. The van der Waals surface area contributed by atoms with Crippen molar-refractivity contribution in [3.05, 3.63) is 51.4 Å². The van der Waals surface area contributed by atoms with Gasteiger partial charge in [-0.1, -0.05) is 0 Å². The molecule has 6 nitrogen and oxygen atoms in total. The number of anilines is 3. The Morgan fingerprint density at radius 3 is 2.29 bits per heavy atom. The second kappa shape index (κ2) is 9.92. The molecule has 31 heavy (non-hydrogen) atoms. The summed E-state index contributed by atoms with van der Waals surface area (Å²) in [6, 6.07) is 6.17. The summed E-state index contributed by atoms with van der Waals surface area (Å²) in [5, 5.41) is 2.47. The van der Waals surface area contributed by atoms with E-state index < -0.39 is 33.3 Å². The Morgan fingerprint density at radius 2 is 1.68 bits per heavy atom. The van der Waals surface area contributed by atoms with Crippen LogP contribution < -0.4 is 14.8 Å². The van der Waals surface area contributed by atoms with Crippen molar-refractivity contribution in [1.82, 2.24) is 9.62 Å². The van der Waals surface area contributed by atoms with Gasteiger partial charge < -0.3 is 10.2 Å². The highest BCUT2D eigenvalue weighted by Gasteiger charge is 2.26. The largest absolute Gasteiger partial charge is 0.349 e. The Hall–Kier alpha value is -1.57. The van der Waals surface area contributed by atoms with E-state index in [9.17, 15) is 21.6 Å². The fourth-order valence-electron chi connectivity index (χ4n) is 3.41. The summed E-state index contributed by atoms with van der Waals surface area (Å²) in [4.78, 5) is 2.26. The number of likely N-dealkylation sites (tertiary alicyclic amines) is 1. The van der Waals surface area contributed by atoms with E-state index >= 15 is 0 Å². The minimum Gasteiger partial charge on any atom is -0.349 e. The first kappa shape index (κ1) is 24.1. The molecule has 1 aliphatic rings. The van der Waals surface area contributed by atoms with Crippen LogP contribution in [-0.4, -0.2) is 38.5 Å². The Morgan fingerprint density at radius 1 is 1.03 bits per heavy atom. The summed E-state index contributed by atoms with van der Waals surface area (Å²) >= 11 is 1.92. The second-order valence-corrected chi connectivity index (χ2v) is 10.4. The number of rotatable bonds is 7. The molecule has 1 aliphatic heterocycles. The molecule has 0 amide bonds. The molecule has 170 valence electrons. The van der Waals surface area contributed by atoms with Crippen LogP contribution in [0.4, 0.5) is 30.2 Å². The minimum atomic E-state index is -4.08. The zero-order valence-corrected chi connectivity index (χ0v) is 20.0. The molecular weight excluding hydrogens is 544 g/mol. The summed E-state index contributed by atoms with van der Waals surface area (Å²) < 4.78 is 73.2. The number of nitrogens with one attached hydrogen (secondary N) is 3. The second-order valence-electron chi connectivity index (χ2n) is 7.66. The summed E-state index contributed by atoms with van der Waals surface area (Å²) in [6.45, 7) is 5.68. The van der Waals surface area contributed by atoms with Gasteiger partial charge in [-0.05, 0) is 92.7 Å². The van der Waals surface area contributed by atoms with Crippen LogP contribution in [-0.2, 0) is 10.2 Å². The van der Waals surface area contributed by atoms with Gasteiger partial charge in [0, 0.05) is 15.7 Å². The molecule has 0 spiro atoms. The van der Waals surface area contributed by atoms with Gasteiger partial charge in [-0.3, -0.25) is 4.72 Å². The van der Waals surface area contributed by atoms with Crippen molar-refractivity contribution < 1.29 is 21.6 Å². The standard InChI is InChI=1S/C20H24F3IN4O2S/c1-12(2)28-9-7-14(8-10-28)26-31(29,30)27-18-6-4-15(21)19(23)20(18)25-17-5-3-13(24)11-16(17)22/h3-6,11-12,14,25-27H,7-10H2,1-2H3. The highest BCUT2D eigenvalue weighted by Crippen LogP contribution is 2.32. The lowest BCUT2D eigenvalue weighted by atomic mass is 10.1. The maximum atomic E-state index is 14.5. The van der Waals surface area contributed by atoms with E-state index in [-0.39, 0.29) is 17.4 Å². The third-order valence-corrected chi connectivity index (χ3v) is 6.91. The van der Waals surface area contributed by atoms with Crippen LogP contribution in [0.5, 0.6) is 0 Å². The van der Waals surface area contributed by atoms with E-state index in [2.05, 4.69) is 33.5 Å². The van der Waals surface area contributed by atoms with Gasteiger partial charge in [0.1, 0.15) is 11.5 Å². The first-order chi connectivity index (χ1) is 14.6. The first-order valence-corrected chi connectivity index (χ1v) is 12.4. The third-order valence-electron chi connectivity index (χ3n) is 5.11. The molecule has 0 saturated carbocycles. The lowest BCUT2D eigenvalue weighted by molar-refractivity contribution is 0.168. The molecular formula is C20H24F3IN4O2S. The third kappa shape index (κ3) is 6.24. The molecule has 1 fully saturated rings. The summed E-state index contributed by atoms with van der Waals surface area (Å²) in [5.41, 5.74) is -0.844. The van der Waals surface area contributed by atoms with E-state index in [1.54, 1.807) is 6.07 Å². The van der Waals surface area contributed by atoms with E-state index in [1.165, 1.54) is 12.1 Å². The van der Waals surface area contributed by atoms with Crippen molar-refractivity contribution in [2.75, 3.05) is 23.1 Å². The van der Waals surface area contributed by atoms with E-state index in [0.717, 1.165) is 25.2 Å². The molecule has 11 heteroatoms. The van der Waals surface area contributed by atoms with Crippen molar-refractivity contribution in [2.45, 2.75) is 38.8 Å². The zero-order chi connectivity index (χ0) is 22.8. The summed E-state index contributed by atoms with van der Waals surface area (Å²) in [6.07, 6.45) is 1.27. The molecule has 0 radical (unpaired) electrons. The highest BCUT2D eigenvalue weighted by atomic mass is 127. The molecule has 1 saturated heterocycles. The van der Waals surface area contributed by atoms with Crippen molar-refractivity contribution in [3.63, 3.8) is 0 Å². The number of benzene rings is 2. The monoisotopic (exact) mass is 568 g/mol. The lowest BCUT2D eigenvalue weighted by Crippen LogP contribution is -2.47. The van der Waals surface area contributed by atoms with Crippen molar-refractivity contribution in [1.29, 1.82) is 0 Å². The number of hydrogen-bond acceptors (Lipinski definition) is 4. The molecule has 2 aromatic rings. The van der Waals surface area contributed by atoms with Gasteiger partial charge in [-0.2, -0.15) is 13.1 Å². The molecule has 2 aromatic carbocycles. The molecule has 3 N–H and O–H groups in total. The first-order valence-electron chi connectivity index (χ1n) is 9.80. The van der Waals surface area contributed by atoms with Gasteiger partial charge in [-0.15, -0.1) is 0 Å². The van der Waals surface area contributed by atoms with Gasteiger partial charge in [0.2, 0.25) is 0 Å². The van der Waals surface area contributed by atoms with Crippen molar-refractivity contribution in [3.8, 4) is 0 Å². The van der Waals surface area contributed by atoms with E-state index in [4.69, 9.17) is 0 Å². The maximum absolute atomic E-state index is 14.5. The fourth-order valence-corrected chi connectivity index (χ4v) is 5.06. The summed E-state index contributed by atoms with van der Waals surface area (Å²) in [7, 11) is -4.08. The number of nitrogens with zero attached hydrogens (tertiary/aromatic N) is 1. The number of hydrogen-bond donors (Lipinski definition) is 3. The molecule has 3 rings (SSSR count). The smallest absolute Gasteiger partial charge is 0.299 e. The average molecular weight is 568 g/mol. The normalized spacial score (nSPS) is 16.0. The number of piperidine rings is 1. The molecule has 0 aromatic heterocycles. The van der Waals surface area contributed by atoms with Crippen molar-refractivity contribution >= 4 is 49.9 Å². The molecule has 0 unspecified atom stereocenters. The van der Waals surface area contributed by atoms with Crippen LogP contribution in [0.3, 0.4) is 0 Å². The topological polar surface area (TPSA) is 73.5 Å². The van der Waals surface area contributed by atoms with Gasteiger partial charge in [0.05, 0.1) is 11.4 Å². The quantitative estimate of drug-likeness (QED) is 0.428. The van der Waals surface area contributed by atoms with Crippen molar-refractivity contribution in [2.24, 2.45) is 0 Å². The van der Waals surface area contributed by atoms with Crippen LogP contribution in [0.1, 0.15) is 26.7 Å². The van der Waals surface area contributed by atoms with Gasteiger partial charge >= 0.3 is 0 Å². The van der Waals surface area contributed by atoms with Gasteiger partial charge in [0.15, 0.2) is 11.6 Å². The van der Waals surface area contributed by atoms with Crippen LogP contribution in [0, 0.1) is 21.0 Å². The van der Waals surface area contributed by atoms with Crippen LogP contribution in [0.25, 0.3) is 0 Å². The average Bonchev–Trinajstić information content (AvgIpc) is 2.69. The molecule has 0 bridgehead atoms. The lowest BCUT2D eigenvalue weighted by Gasteiger charge is -2.34. The van der Waals surface area contributed by atoms with Gasteiger partial charge in [0.25, 0.3) is 10.2 Å². The predicted molar refractivity (Wildman–Crippen MR) is 124 cm³/mol. The fraction of sp³-hybridized carbons (Fsp3) is 0.400. The van der Waals surface area contributed by atoms with E-state index in [1.807, 2.05) is 22.6 Å². The Kier molecular flexibility index (Phi) is 7.71. The van der Waals surface area contributed by atoms with Crippen LogP contribution in [0.15, 0.2) is 30.3 Å².